The van der Waals surface area contributed by atoms with Crippen LogP contribution < -0.4 is 0 Å². The number of carbonyl (C=O) groups excluding carboxylic acids is 2. The second-order valence-electron chi connectivity index (χ2n) is 8.58. The second-order valence-corrected chi connectivity index (χ2v) is 9.61. The van der Waals surface area contributed by atoms with Gasteiger partial charge in [0.2, 0.25) is 0 Å². The quantitative estimate of drug-likeness (QED) is 0.322. The first-order valence-corrected chi connectivity index (χ1v) is 11.0. The number of rotatable bonds is 3. The number of nitrogens with zero attached hydrogens (tertiary/aromatic N) is 3. The van der Waals surface area contributed by atoms with Crippen LogP contribution in [0.2, 0.25) is 0 Å². The normalized spacial score (nSPS) is 15.6. The van der Waals surface area contributed by atoms with Crippen molar-refractivity contribution in [2.45, 2.75) is 40.0 Å². The number of oxime groups is 1. The van der Waals surface area contributed by atoms with E-state index in [1.54, 1.807) is 4.90 Å². The van der Waals surface area contributed by atoms with Crippen LogP contribution in [-0.2, 0) is 9.63 Å². The zero-order valence-electron chi connectivity index (χ0n) is 17.5. The summed E-state index contributed by atoms with van der Waals surface area (Å²) in [4.78, 5) is 37.1. The number of fused-ring (bicyclic) bond motifs is 3. The number of benzene rings is 2. The molecule has 0 spiro atoms. The molecule has 2 aromatic carbocycles. The monoisotopic (exact) mass is 423 g/mol. The number of amides is 1. The maximum atomic E-state index is 13.1. The van der Waals surface area contributed by atoms with Crippen LogP contribution in [0.3, 0.4) is 0 Å². The predicted octanol–water partition coefficient (Wildman–Crippen LogP) is 5.39. The van der Waals surface area contributed by atoms with Gasteiger partial charge in [0.1, 0.15) is 5.01 Å². The summed E-state index contributed by atoms with van der Waals surface area (Å²) < 4.78 is 0.959. The summed E-state index contributed by atoms with van der Waals surface area (Å²) in [6.07, 6.45) is 2.51. The number of aromatic nitrogens is 1. The summed E-state index contributed by atoms with van der Waals surface area (Å²) in [5.74, 6) is -0.211. The largest absolute Gasteiger partial charge is 0.435 e. The fourth-order valence-electron chi connectivity index (χ4n) is 3.51. The van der Waals surface area contributed by atoms with Crippen molar-refractivity contribution in [1.29, 1.82) is 0 Å². The van der Waals surface area contributed by atoms with Gasteiger partial charge in [0.25, 0.3) is 0 Å². The Morgan fingerprint density at radius 3 is 2.53 bits per heavy atom. The lowest BCUT2D eigenvalue weighted by molar-refractivity contribution is -0.119. The molecule has 0 unspecified atom stereocenters. The topological polar surface area (TPSA) is 71.9 Å². The van der Waals surface area contributed by atoms with Crippen LogP contribution in [0.5, 0.6) is 0 Å². The number of hydrogen-bond donors (Lipinski definition) is 0. The van der Waals surface area contributed by atoms with E-state index in [2.05, 4.69) is 5.16 Å². The second kappa shape index (κ2) is 8.14. The van der Waals surface area contributed by atoms with E-state index in [-0.39, 0.29) is 11.5 Å². The lowest BCUT2D eigenvalue weighted by Gasteiger charge is -2.24. The van der Waals surface area contributed by atoms with Gasteiger partial charge in [-0.15, -0.1) is 11.3 Å². The molecular weight excluding hydrogens is 398 g/mol. The summed E-state index contributed by atoms with van der Waals surface area (Å²) in [5.41, 5.74) is 0.235. The first kappa shape index (κ1) is 20.5. The van der Waals surface area contributed by atoms with Crippen LogP contribution in [0.25, 0.3) is 21.0 Å². The van der Waals surface area contributed by atoms with Crippen LogP contribution in [-0.4, -0.2) is 40.6 Å². The van der Waals surface area contributed by atoms with Crippen molar-refractivity contribution in [3.63, 3.8) is 0 Å². The van der Waals surface area contributed by atoms with E-state index in [1.807, 2.05) is 57.2 Å². The standard InChI is InChI=1S/C23H25N3O3S/c1-23(2,3)20(27)19(25-29-22(28)26-13-7-4-8-14-26)21-24-18-16-10-6-5-9-15(16)11-12-17(18)30-21/h5-6,9-12H,4,7-8,13-14H2,1-3H3/b25-19+. The molecule has 0 radical (unpaired) electrons. The number of hydrogen-bond acceptors (Lipinski definition) is 6. The Balaban J connectivity index is 1.73. The molecule has 156 valence electrons. The minimum absolute atomic E-state index is 0.0955. The molecule has 1 amide bonds. The molecule has 0 aliphatic carbocycles. The summed E-state index contributed by atoms with van der Waals surface area (Å²) in [5, 5.41) is 6.60. The van der Waals surface area contributed by atoms with E-state index in [1.165, 1.54) is 11.3 Å². The van der Waals surface area contributed by atoms with Gasteiger partial charge in [-0.2, -0.15) is 0 Å². The first-order valence-electron chi connectivity index (χ1n) is 10.2. The number of thiazole rings is 1. The molecule has 2 heterocycles. The molecule has 0 N–H and O–H groups in total. The first-order chi connectivity index (χ1) is 14.3. The summed E-state index contributed by atoms with van der Waals surface area (Å²) in [7, 11) is 0. The van der Waals surface area contributed by atoms with Crippen molar-refractivity contribution in [3.05, 3.63) is 41.4 Å². The average molecular weight is 424 g/mol. The smallest absolute Gasteiger partial charge is 0.306 e. The molecule has 1 saturated heterocycles. The molecular formula is C23H25N3O3S. The highest BCUT2D eigenvalue weighted by atomic mass is 32.1. The number of likely N-dealkylation sites (tertiary alicyclic amines) is 1. The molecule has 4 rings (SSSR count). The Morgan fingerprint density at radius 2 is 1.80 bits per heavy atom. The highest BCUT2D eigenvalue weighted by Gasteiger charge is 2.31. The minimum Gasteiger partial charge on any atom is -0.306 e. The SMILES string of the molecule is CC(C)(C)C(=O)/C(=N\OC(=O)N1CCCCC1)c1nc2c(ccc3ccccc32)s1. The maximum absolute atomic E-state index is 13.1. The van der Waals surface area contributed by atoms with Crippen molar-refractivity contribution in [3.8, 4) is 0 Å². The highest BCUT2D eigenvalue weighted by molar-refractivity contribution is 7.21. The Bertz CT molecular complexity index is 1140. The fraction of sp³-hybridized carbons (Fsp3) is 0.391. The van der Waals surface area contributed by atoms with Crippen LogP contribution in [0, 0.1) is 5.41 Å². The highest BCUT2D eigenvalue weighted by Crippen LogP contribution is 2.31. The van der Waals surface area contributed by atoms with Gasteiger partial charge in [0.15, 0.2) is 11.5 Å². The average Bonchev–Trinajstić information content (AvgIpc) is 3.18. The van der Waals surface area contributed by atoms with Crippen LogP contribution >= 0.6 is 11.3 Å². The molecule has 1 fully saturated rings. The molecule has 30 heavy (non-hydrogen) atoms. The third-order valence-electron chi connectivity index (χ3n) is 5.21. The van der Waals surface area contributed by atoms with E-state index in [4.69, 9.17) is 9.82 Å². The Morgan fingerprint density at radius 1 is 1.07 bits per heavy atom. The molecule has 0 atom stereocenters. The molecule has 6 nitrogen and oxygen atoms in total. The van der Waals surface area contributed by atoms with Crippen molar-refractivity contribution >= 4 is 49.9 Å². The van der Waals surface area contributed by atoms with Crippen molar-refractivity contribution in [2.24, 2.45) is 10.6 Å². The van der Waals surface area contributed by atoms with E-state index < -0.39 is 11.5 Å². The Labute approximate surface area is 179 Å². The lowest BCUT2D eigenvalue weighted by Crippen LogP contribution is -2.36. The van der Waals surface area contributed by atoms with Gasteiger partial charge in [-0.1, -0.05) is 56.3 Å². The van der Waals surface area contributed by atoms with Crippen molar-refractivity contribution in [2.75, 3.05) is 13.1 Å². The molecule has 1 aliphatic heterocycles. The Hall–Kier alpha value is -2.80. The summed E-state index contributed by atoms with van der Waals surface area (Å²) in [6.45, 7) is 6.77. The molecule has 1 aromatic heterocycles. The molecule has 0 bridgehead atoms. The van der Waals surface area contributed by atoms with Gasteiger partial charge in [-0.25, -0.2) is 9.78 Å². The van der Waals surface area contributed by atoms with Crippen LogP contribution in [0.15, 0.2) is 41.6 Å². The fourth-order valence-corrected chi connectivity index (χ4v) is 4.47. The van der Waals surface area contributed by atoms with Crippen LogP contribution in [0.4, 0.5) is 4.79 Å². The van der Waals surface area contributed by atoms with Crippen LogP contribution in [0.1, 0.15) is 45.0 Å². The third-order valence-corrected chi connectivity index (χ3v) is 6.24. The van der Waals surface area contributed by atoms with Gasteiger partial charge in [0, 0.05) is 23.9 Å². The van der Waals surface area contributed by atoms with Crippen molar-refractivity contribution in [1.82, 2.24) is 9.88 Å². The summed E-state index contributed by atoms with van der Waals surface area (Å²) >= 11 is 1.38. The molecule has 3 aromatic rings. The van der Waals surface area contributed by atoms with Gasteiger partial charge in [-0.05, 0) is 30.7 Å². The van der Waals surface area contributed by atoms with E-state index in [9.17, 15) is 9.59 Å². The number of Topliss-reactive ketones (excluding diaryl/α,β-unsaturated/α-hetero) is 1. The zero-order valence-corrected chi connectivity index (χ0v) is 18.3. The zero-order chi connectivity index (χ0) is 21.3. The van der Waals surface area contributed by atoms with E-state index in [0.717, 1.165) is 40.3 Å². The van der Waals surface area contributed by atoms with Gasteiger partial charge in [-0.3, -0.25) is 9.63 Å². The number of carbonyl (C=O) groups is 2. The maximum Gasteiger partial charge on any atom is 0.435 e. The lowest BCUT2D eigenvalue weighted by atomic mass is 9.88. The Kier molecular flexibility index (Phi) is 5.56. The molecule has 0 saturated carbocycles. The van der Waals surface area contributed by atoms with Gasteiger partial charge < -0.3 is 4.90 Å². The van der Waals surface area contributed by atoms with Gasteiger partial charge in [0.05, 0.1) is 10.2 Å². The third kappa shape index (κ3) is 4.07. The number of piperidine rings is 1. The minimum atomic E-state index is -0.684. The molecule has 1 aliphatic rings. The summed E-state index contributed by atoms with van der Waals surface area (Å²) in [6, 6.07) is 12.0. The van der Waals surface area contributed by atoms with E-state index >= 15 is 0 Å². The molecule has 7 heteroatoms. The number of ketones is 1. The predicted molar refractivity (Wildman–Crippen MR) is 120 cm³/mol. The van der Waals surface area contributed by atoms with E-state index in [0.29, 0.717) is 18.1 Å². The van der Waals surface area contributed by atoms with Gasteiger partial charge >= 0.3 is 6.09 Å². The van der Waals surface area contributed by atoms with Crippen molar-refractivity contribution < 1.29 is 14.4 Å².